The van der Waals surface area contributed by atoms with E-state index in [0.717, 1.165) is 5.57 Å². The van der Waals surface area contributed by atoms with Crippen LogP contribution in [-0.4, -0.2) is 0 Å². The fraction of sp³-hybridized carbons (Fsp3) is 0.273. The molecule has 0 aromatic heterocycles. The molecular weight excluding hydrogens is 132 g/mol. The van der Waals surface area contributed by atoms with Gasteiger partial charge in [-0.25, -0.2) is 0 Å². The molecule has 0 aliphatic heterocycles. The van der Waals surface area contributed by atoms with Gasteiger partial charge < -0.3 is 0 Å². The van der Waals surface area contributed by atoms with E-state index in [1.807, 2.05) is 12.2 Å². The van der Waals surface area contributed by atoms with Crippen LogP contribution in [0.2, 0.25) is 0 Å². The maximum Gasteiger partial charge on any atom is -0.0266 e. The Labute approximate surface area is 69.6 Å². The summed E-state index contributed by atoms with van der Waals surface area (Å²) in [6, 6.07) is 0. The quantitative estimate of drug-likeness (QED) is 0.535. The summed E-state index contributed by atoms with van der Waals surface area (Å²) in [6.07, 6.45) is 9.71. The van der Waals surface area contributed by atoms with E-state index in [-0.39, 0.29) is 0 Å². The van der Waals surface area contributed by atoms with Gasteiger partial charge in [0.1, 0.15) is 0 Å². The monoisotopic (exact) mass is 148 g/mol. The molecule has 0 spiro atoms. The lowest BCUT2D eigenvalue weighted by molar-refractivity contribution is 0.831. The first-order chi connectivity index (χ1) is 5.20. The summed E-state index contributed by atoms with van der Waals surface area (Å²) >= 11 is 0. The fourth-order valence-corrected chi connectivity index (χ4v) is 0.631. The summed E-state index contributed by atoms with van der Waals surface area (Å²) in [6.45, 7) is 11.6. The largest absolute Gasteiger partial charge is 0.0990 e. The number of hydrogen-bond acceptors (Lipinski definition) is 0. The first-order valence-electron chi connectivity index (χ1n) is 3.84. The maximum atomic E-state index is 3.69. The first-order valence-corrected chi connectivity index (χ1v) is 3.84. The third kappa shape index (κ3) is 5.41. The van der Waals surface area contributed by atoms with Crippen molar-refractivity contribution >= 4 is 0 Å². The van der Waals surface area contributed by atoms with Crippen molar-refractivity contribution < 1.29 is 0 Å². The predicted molar refractivity (Wildman–Crippen MR) is 52.5 cm³/mol. The lowest BCUT2D eigenvalue weighted by Gasteiger charge is -1.94. The lowest BCUT2D eigenvalue weighted by Crippen LogP contribution is -1.77. The summed E-state index contributed by atoms with van der Waals surface area (Å²) < 4.78 is 0. The van der Waals surface area contributed by atoms with Gasteiger partial charge in [0, 0.05) is 0 Å². The van der Waals surface area contributed by atoms with E-state index >= 15 is 0 Å². The van der Waals surface area contributed by atoms with E-state index in [1.54, 1.807) is 6.08 Å². The third-order valence-electron chi connectivity index (χ3n) is 1.22. The van der Waals surface area contributed by atoms with Crippen LogP contribution in [0.15, 0.2) is 49.1 Å². The molecule has 0 aromatic carbocycles. The van der Waals surface area contributed by atoms with E-state index in [1.165, 1.54) is 0 Å². The molecule has 0 nitrogen and oxygen atoms in total. The number of allylic oxidation sites excluding steroid dienone is 6. The lowest BCUT2D eigenvalue weighted by atomic mass is 10.1. The van der Waals surface area contributed by atoms with E-state index in [4.69, 9.17) is 0 Å². The molecule has 11 heavy (non-hydrogen) atoms. The highest BCUT2D eigenvalue weighted by Crippen LogP contribution is 2.02. The average molecular weight is 148 g/mol. The smallest absolute Gasteiger partial charge is 0.0266 e. The van der Waals surface area contributed by atoms with Gasteiger partial charge in [0.15, 0.2) is 0 Å². The van der Waals surface area contributed by atoms with Crippen LogP contribution in [0.3, 0.4) is 0 Å². The van der Waals surface area contributed by atoms with Crippen LogP contribution in [0.4, 0.5) is 0 Å². The Morgan fingerprint density at radius 2 is 1.91 bits per heavy atom. The minimum absolute atomic E-state index is 0.586. The predicted octanol–water partition coefficient (Wildman–Crippen LogP) is 3.50. The number of hydrogen-bond donors (Lipinski definition) is 0. The summed E-state index contributed by atoms with van der Waals surface area (Å²) in [5, 5.41) is 0. The second-order valence-corrected chi connectivity index (χ2v) is 2.71. The molecule has 0 atom stereocenters. The minimum atomic E-state index is 0.586. The molecule has 0 heteroatoms. The van der Waals surface area contributed by atoms with Crippen molar-refractivity contribution in [2.24, 2.45) is 5.92 Å². The molecule has 0 bridgehead atoms. The molecule has 0 aliphatic carbocycles. The van der Waals surface area contributed by atoms with E-state index < -0.39 is 0 Å². The van der Waals surface area contributed by atoms with Crippen molar-refractivity contribution in [3.05, 3.63) is 49.1 Å². The molecule has 0 aromatic rings. The number of rotatable bonds is 4. The maximum absolute atomic E-state index is 3.69. The molecule has 0 saturated carbocycles. The Kier molecular flexibility index (Phi) is 5.18. The zero-order valence-corrected chi connectivity index (χ0v) is 7.38. The van der Waals surface area contributed by atoms with Gasteiger partial charge in [-0.1, -0.05) is 57.4 Å². The summed E-state index contributed by atoms with van der Waals surface area (Å²) in [7, 11) is 0. The summed E-state index contributed by atoms with van der Waals surface area (Å²) in [4.78, 5) is 0. The molecule has 0 saturated heterocycles. The average Bonchev–Trinajstić information content (AvgIpc) is 1.97. The van der Waals surface area contributed by atoms with Crippen molar-refractivity contribution in [1.82, 2.24) is 0 Å². The van der Waals surface area contributed by atoms with E-state index in [0.29, 0.717) is 5.92 Å². The third-order valence-corrected chi connectivity index (χ3v) is 1.22. The highest BCUT2D eigenvalue weighted by atomic mass is 13.9. The van der Waals surface area contributed by atoms with Crippen LogP contribution in [0.1, 0.15) is 13.8 Å². The molecule has 0 aliphatic rings. The molecule has 0 amide bonds. The van der Waals surface area contributed by atoms with Crippen molar-refractivity contribution in [2.45, 2.75) is 13.8 Å². The molecule has 0 heterocycles. The van der Waals surface area contributed by atoms with Crippen LogP contribution in [0.25, 0.3) is 0 Å². The van der Waals surface area contributed by atoms with Crippen LogP contribution in [0.5, 0.6) is 0 Å². The van der Waals surface area contributed by atoms with Gasteiger partial charge in [-0.2, -0.15) is 0 Å². The Morgan fingerprint density at radius 3 is 2.27 bits per heavy atom. The summed E-state index contributed by atoms with van der Waals surface area (Å²) in [5.74, 6) is 0.586. The standard InChI is InChI=1S/C11H16/c1-5-7-11(6-2)9-8-10(3)4/h5-10H,1-2H2,3-4H3/b9-8+,11-7+. The van der Waals surface area contributed by atoms with Gasteiger partial charge in [-0.3, -0.25) is 0 Å². The zero-order chi connectivity index (χ0) is 8.69. The van der Waals surface area contributed by atoms with Crippen LogP contribution in [0, 0.1) is 5.92 Å². The molecule has 60 valence electrons. The van der Waals surface area contributed by atoms with Crippen LogP contribution >= 0.6 is 0 Å². The Hall–Kier alpha value is -1.04. The van der Waals surface area contributed by atoms with Gasteiger partial charge in [-0.15, -0.1) is 0 Å². The van der Waals surface area contributed by atoms with Gasteiger partial charge in [0.05, 0.1) is 0 Å². The van der Waals surface area contributed by atoms with Gasteiger partial charge in [0.2, 0.25) is 0 Å². The SMILES string of the molecule is C=C/C=C(C=C)/C=C/C(C)C. The van der Waals surface area contributed by atoms with E-state index in [2.05, 4.69) is 39.2 Å². The van der Waals surface area contributed by atoms with Gasteiger partial charge in [-0.05, 0) is 11.5 Å². The van der Waals surface area contributed by atoms with Crippen molar-refractivity contribution in [3.8, 4) is 0 Å². The normalized spacial score (nSPS) is 12.5. The topological polar surface area (TPSA) is 0 Å². The van der Waals surface area contributed by atoms with Crippen molar-refractivity contribution in [2.75, 3.05) is 0 Å². The molecular formula is C11H16. The minimum Gasteiger partial charge on any atom is -0.0990 e. The Morgan fingerprint density at radius 1 is 1.27 bits per heavy atom. The van der Waals surface area contributed by atoms with E-state index in [9.17, 15) is 0 Å². The van der Waals surface area contributed by atoms with Gasteiger partial charge >= 0.3 is 0 Å². The Bertz CT molecular complexity index is 180. The molecule has 0 radical (unpaired) electrons. The highest BCUT2D eigenvalue weighted by molar-refractivity contribution is 5.32. The molecule has 0 fully saturated rings. The fourth-order valence-electron chi connectivity index (χ4n) is 0.631. The summed E-state index contributed by atoms with van der Waals surface area (Å²) in [5.41, 5.74) is 1.11. The molecule has 0 N–H and O–H groups in total. The first kappa shape index (κ1) is 9.96. The Balaban J connectivity index is 4.18. The van der Waals surface area contributed by atoms with Crippen molar-refractivity contribution in [3.63, 3.8) is 0 Å². The van der Waals surface area contributed by atoms with Crippen LogP contribution in [-0.2, 0) is 0 Å². The van der Waals surface area contributed by atoms with Crippen molar-refractivity contribution in [1.29, 1.82) is 0 Å². The zero-order valence-electron chi connectivity index (χ0n) is 7.38. The van der Waals surface area contributed by atoms with Crippen LogP contribution < -0.4 is 0 Å². The second kappa shape index (κ2) is 5.72. The second-order valence-electron chi connectivity index (χ2n) is 2.71. The highest BCUT2D eigenvalue weighted by Gasteiger charge is 1.84. The molecule has 0 unspecified atom stereocenters. The van der Waals surface area contributed by atoms with Gasteiger partial charge in [0.25, 0.3) is 0 Å². The molecule has 0 rings (SSSR count).